The molecule has 0 spiro atoms. The van der Waals surface area contributed by atoms with Gasteiger partial charge in [0.2, 0.25) is 5.91 Å². The second kappa shape index (κ2) is 4.12. The number of carbonyl (C=O) groups excluding carboxylic acids is 1. The first-order valence-electron chi connectivity index (χ1n) is 5.65. The molecule has 2 rings (SSSR count). The minimum absolute atomic E-state index is 0.332. The molecular weight excluding hydrogens is 162 g/mol. The third-order valence-electron chi connectivity index (χ3n) is 3.55. The van der Waals surface area contributed by atoms with Gasteiger partial charge in [0, 0.05) is 12.5 Å². The van der Waals surface area contributed by atoms with Gasteiger partial charge in [-0.2, -0.15) is 0 Å². The number of rotatable bonds is 1. The van der Waals surface area contributed by atoms with Gasteiger partial charge in [0.05, 0.1) is 0 Å². The van der Waals surface area contributed by atoms with Crippen LogP contribution in [0.25, 0.3) is 0 Å². The largest absolute Gasteiger partial charge is 0.356 e. The van der Waals surface area contributed by atoms with Gasteiger partial charge < -0.3 is 5.32 Å². The van der Waals surface area contributed by atoms with Crippen LogP contribution in [0, 0.1) is 11.8 Å². The fraction of sp³-hybridized carbons (Fsp3) is 0.909. The topological polar surface area (TPSA) is 29.1 Å². The van der Waals surface area contributed by atoms with E-state index in [4.69, 9.17) is 0 Å². The lowest BCUT2D eigenvalue weighted by molar-refractivity contribution is -0.128. The molecule has 1 saturated heterocycles. The van der Waals surface area contributed by atoms with Gasteiger partial charge in [-0.1, -0.05) is 19.3 Å². The normalized spacial score (nSPS) is 31.4. The Bertz CT molecular complexity index is 185. The fourth-order valence-electron chi connectivity index (χ4n) is 2.78. The molecule has 0 aromatic heterocycles. The molecule has 1 atom stereocenters. The molecule has 1 aliphatic heterocycles. The average molecular weight is 181 g/mol. The Balaban J connectivity index is 1.92. The standard InChI is InChI=1S/C11H19NO/c13-11-10(7-4-8-12-11)9-5-2-1-3-6-9/h9-10H,1-8H2,(H,12,13)/t10-/m1/s1. The number of piperidine rings is 1. The summed E-state index contributed by atoms with van der Waals surface area (Å²) in [5.41, 5.74) is 0. The predicted octanol–water partition coefficient (Wildman–Crippen LogP) is 2.09. The summed E-state index contributed by atoms with van der Waals surface area (Å²) in [5, 5.41) is 2.99. The van der Waals surface area contributed by atoms with Crippen LogP contribution in [0.3, 0.4) is 0 Å². The van der Waals surface area contributed by atoms with Crippen LogP contribution in [-0.2, 0) is 4.79 Å². The summed E-state index contributed by atoms with van der Waals surface area (Å²) in [5.74, 6) is 1.39. The molecule has 0 radical (unpaired) electrons. The van der Waals surface area contributed by atoms with Crippen molar-refractivity contribution in [2.75, 3.05) is 6.54 Å². The van der Waals surface area contributed by atoms with Gasteiger partial charge in [-0.05, 0) is 31.6 Å². The first-order valence-corrected chi connectivity index (χ1v) is 5.65. The number of nitrogens with one attached hydrogen (secondary N) is 1. The van der Waals surface area contributed by atoms with E-state index >= 15 is 0 Å². The zero-order chi connectivity index (χ0) is 9.10. The van der Waals surface area contributed by atoms with Crippen molar-refractivity contribution in [1.82, 2.24) is 5.32 Å². The molecule has 0 unspecified atom stereocenters. The van der Waals surface area contributed by atoms with Crippen LogP contribution in [0.2, 0.25) is 0 Å². The SMILES string of the molecule is O=C1NCCC[C@@H]1C1CCCCC1. The van der Waals surface area contributed by atoms with E-state index in [1.54, 1.807) is 0 Å². The van der Waals surface area contributed by atoms with E-state index in [-0.39, 0.29) is 0 Å². The molecule has 0 aromatic rings. The molecule has 1 saturated carbocycles. The number of hydrogen-bond donors (Lipinski definition) is 1. The molecule has 13 heavy (non-hydrogen) atoms. The third kappa shape index (κ3) is 2.04. The monoisotopic (exact) mass is 181 g/mol. The van der Waals surface area contributed by atoms with Crippen LogP contribution in [0.4, 0.5) is 0 Å². The van der Waals surface area contributed by atoms with E-state index < -0.39 is 0 Å². The van der Waals surface area contributed by atoms with Crippen LogP contribution >= 0.6 is 0 Å². The van der Waals surface area contributed by atoms with Gasteiger partial charge in [-0.25, -0.2) is 0 Å². The van der Waals surface area contributed by atoms with Gasteiger partial charge in [-0.3, -0.25) is 4.79 Å². The second-order valence-electron chi connectivity index (χ2n) is 4.44. The molecule has 1 aliphatic carbocycles. The maximum Gasteiger partial charge on any atom is 0.223 e. The molecule has 2 nitrogen and oxygen atoms in total. The highest BCUT2D eigenvalue weighted by atomic mass is 16.1. The van der Waals surface area contributed by atoms with Crippen molar-refractivity contribution >= 4 is 5.91 Å². The molecule has 1 amide bonds. The maximum atomic E-state index is 11.6. The van der Waals surface area contributed by atoms with Crippen LogP contribution in [0.15, 0.2) is 0 Å². The lowest BCUT2D eigenvalue weighted by Crippen LogP contribution is -2.40. The second-order valence-corrected chi connectivity index (χ2v) is 4.44. The van der Waals surface area contributed by atoms with Gasteiger partial charge in [0.15, 0.2) is 0 Å². The highest BCUT2D eigenvalue weighted by Gasteiger charge is 2.30. The van der Waals surface area contributed by atoms with Crippen molar-refractivity contribution in [3.63, 3.8) is 0 Å². The predicted molar refractivity (Wildman–Crippen MR) is 52.3 cm³/mol. The Morgan fingerprint density at radius 3 is 2.46 bits per heavy atom. The van der Waals surface area contributed by atoms with Gasteiger partial charge in [-0.15, -0.1) is 0 Å². The molecule has 0 bridgehead atoms. The van der Waals surface area contributed by atoms with Crippen molar-refractivity contribution in [3.05, 3.63) is 0 Å². The summed E-state index contributed by atoms with van der Waals surface area (Å²) in [4.78, 5) is 11.6. The fourth-order valence-corrected chi connectivity index (χ4v) is 2.78. The summed E-state index contributed by atoms with van der Waals surface area (Å²) < 4.78 is 0. The Hall–Kier alpha value is -0.530. The third-order valence-corrected chi connectivity index (χ3v) is 3.55. The maximum absolute atomic E-state index is 11.6. The number of carbonyl (C=O) groups is 1. The van der Waals surface area contributed by atoms with E-state index in [1.165, 1.54) is 38.5 Å². The van der Waals surface area contributed by atoms with Crippen LogP contribution in [-0.4, -0.2) is 12.5 Å². The highest BCUT2D eigenvalue weighted by Crippen LogP contribution is 2.33. The summed E-state index contributed by atoms with van der Waals surface area (Å²) in [6, 6.07) is 0. The quantitative estimate of drug-likeness (QED) is 0.659. The van der Waals surface area contributed by atoms with Crippen LogP contribution < -0.4 is 5.32 Å². The van der Waals surface area contributed by atoms with Crippen molar-refractivity contribution in [2.24, 2.45) is 11.8 Å². The smallest absolute Gasteiger partial charge is 0.223 e. The van der Waals surface area contributed by atoms with Crippen LogP contribution in [0.5, 0.6) is 0 Å². The summed E-state index contributed by atoms with van der Waals surface area (Å²) in [6.07, 6.45) is 8.97. The Kier molecular flexibility index (Phi) is 2.87. The summed E-state index contributed by atoms with van der Waals surface area (Å²) in [7, 11) is 0. The average Bonchev–Trinajstić information content (AvgIpc) is 2.20. The van der Waals surface area contributed by atoms with E-state index in [2.05, 4.69) is 5.32 Å². The minimum Gasteiger partial charge on any atom is -0.356 e. The molecule has 74 valence electrons. The van der Waals surface area contributed by atoms with E-state index in [0.29, 0.717) is 17.7 Å². The van der Waals surface area contributed by atoms with E-state index in [1.807, 2.05) is 0 Å². The molecule has 1 heterocycles. The van der Waals surface area contributed by atoms with E-state index in [0.717, 1.165) is 13.0 Å². The first-order chi connectivity index (χ1) is 6.38. The van der Waals surface area contributed by atoms with Crippen molar-refractivity contribution in [3.8, 4) is 0 Å². The first kappa shape index (κ1) is 9.04. The molecule has 2 aliphatic rings. The van der Waals surface area contributed by atoms with Crippen molar-refractivity contribution in [1.29, 1.82) is 0 Å². The van der Waals surface area contributed by atoms with E-state index in [9.17, 15) is 4.79 Å². The molecule has 2 heteroatoms. The summed E-state index contributed by atoms with van der Waals surface area (Å²) >= 11 is 0. The Morgan fingerprint density at radius 2 is 1.77 bits per heavy atom. The molecule has 0 aromatic carbocycles. The van der Waals surface area contributed by atoms with Crippen molar-refractivity contribution < 1.29 is 4.79 Å². The van der Waals surface area contributed by atoms with Gasteiger partial charge in [0.1, 0.15) is 0 Å². The Labute approximate surface area is 80.1 Å². The summed E-state index contributed by atoms with van der Waals surface area (Å²) in [6.45, 7) is 0.905. The van der Waals surface area contributed by atoms with Gasteiger partial charge in [0.25, 0.3) is 0 Å². The highest BCUT2D eigenvalue weighted by molar-refractivity contribution is 5.79. The van der Waals surface area contributed by atoms with Crippen LogP contribution in [0.1, 0.15) is 44.9 Å². The Morgan fingerprint density at radius 1 is 1.00 bits per heavy atom. The number of hydrogen-bond acceptors (Lipinski definition) is 1. The lowest BCUT2D eigenvalue weighted by Gasteiger charge is -2.32. The lowest BCUT2D eigenvalue weighted by atomic mass is 9.76. The van der Waals surface area contributed by atoms with Crippen molar-refractivity contribution in [2.45, 2.75) is 44.9 Å². The zero-order valence-electron chi connectivity index (χ0n) is 8.22. The molecule has 1 N–H and O–H groups in total. The molecule has 2 fully saturated rings. The minimum atomic E-state index is 0.332. The number of amides is 1. The molecular formula is C11H19NO. The van der Waals surface area contributed by atoms with Gasteiger partial charge >= 0.3 is 0 Å². The zero-order valence-corrected chi connectivity index (χ0v) is 8.22.